The van der Waals surface area contributed by atoms with Gasteiger partial charge in [0.1, 0.15) is 5.76 Å². The van der Waals surface area contributed by atoms with Gasteiger partial charge in [-0.15, -0.1) is 5.10 Å². The molecule has 0 unspecified atom stereocenters. The molecule has 0 aliphatic heterocycles. The summed E-state index contributed by atoms with van der Waals surface area (Å²) in [5, 5.41) is 7.79. The summed E-state index contributed by atoms with van der Waals surface area (Å²) in [5.74, 6) is 0.989. The van der Waals surface area contributed by atoms with Crippen molar-refractivity contribution in [3.05, 3.63) is 83.5 Å². The molecular weight excluding hydrogens is 366 g/mol. The van der Waals surface area contributed by atoms with E-state index in [-0.39, 0.29) is 11.9 Å². The Labute approximate surface area is 159 Å². The molecule has 0 spiro atoms. The zero-order valence-corrected chi connectivity index (χ0v) is 14.8. The van der Waals surface area contributed by atoms with Crippen LogP contribution in [0.2, 0.25) is 5.02 Å². The number of aromatic nitrogens is 4. The van der Waals surface area contributed by atoms with Crippen molar-refractivity contribution in [2.75, 3.05) is 5.32 Å². The Morgan fingerprint density at radius 1 is 1.15 bits per heavy atom. The highest BCUT2D eigenvalue weighted by atomic mass is 35.5. The second kappa shape index (κ2) is 7.43. The normalized spacial score (nSPS) is 10.7. The van der Waals surface area contributed by atoms with E-state index in [0.717, 1.165) is 0 Å². The van der Waals surface area contributed by atoms with Gasteiger partial charge in [0, 0.05) is 18.0 Å². The van der Waals surface area contributed by atoms with Crippen molar-refractivity contribution in [1.82, 2.24) is 19.7 Å². The monoisotopic (exact) mass is 379 g/mol. The molecule has 0 saturated carbocycles. The van der Waals surface area contributed by atoms with Crippen LogP contribution in [0.4, 0.5) is 5.95 Å². The first-order valence-corrected chi connectivity index (χ1v) is 8.53. The lowest BCUT2D eigenvalue weighted by atomic mass is 10.2. The molecule has 3 aromatic heterocycles. The highest BCUT2D eigenvalue weighted by Gasteiger charge is 2.20. The van der Waals surface area contributed by atoms with E-state index in [4.69, 9.17) is 16.0 Å². The zero-order chi connectivity index (χ0) is 18.6. The van der Waals surface area contributed by atoms with Gasteiger partial charge in [-0.3, -0.25) is 9.78 Å². The third-order valence-electron chi connectivity index (χ3n) is 3.82. The number of furan rings is 1. The summed E-state index contributed by atoms with van der Waals surface area (Å²) in [4.78, 5) is 21.5. The molecule has 0 aliphatic rings. The van der Waals surface area contributed by atoms with Crippen molar-refractivity contribution in [2.24, 2.45) is 0 Å². The van der Waals surface area contributed by atoms with Crippen LogP contribution in [-0.4, -0.2) is 25.7 Å². The van der Waals surface area contributed by atoms with Crippen LogP contribution in [0.1, 0.15) is 16.1 Å². The van der Waals surface area contributed by atoms with Crippen molar-refractivity contribution in [1.29, 1.82) is 0 Å². The summed E-state index contributed by atoms with van der Waals surface area (Å²) in [6, 6.07) is 14.0. The molecule has 7 nitrogen and oxygen atoms in total. The minimum Gasteiger partial charge on any atom is -0.467 e. The van der Waals surface area contributed by atoms with Crippen molar-refractivity contribution >= 4 is 23.5 Å². The van der Waals surface area contributed by atoms with Crippen LogP contribution in [0.5, 0.6) is 0 Å². The topological polar surface area (TPSA) is 85.8 Å². The van der Waals surface area contributed by atoms with E-state index in [2.05, 4.69) is 20.4 Å². The lowest BCUT2D eigenvalue weighted by molar-refractivity contribution is 0.0947. The fourth-order valence-corrected chi connectivity index (χ4v) is 2.73. The smallest absolute Gasteiger partial charge is 0.282 e. The first-order chi connectivity index (χ1) is 13.2. The second-order valence-corrected chi connectivity index (χ2v) is 6.04. The fraction of sp³-hybridized carbons (Fsp3) is 0.0526. The molecule has 8 heteroatoms. The van der Waals surface area contributed by atoms with Crippen LogP contribution in [-0.2, 0) is 6.54 Å². The minimum absolute atomic E-state index is 0.287. The molecule has 1 N–H and O–H groups in total. The summed E-state index contributed by atoms with van der Waals surface area (Å²) in [6.45, 7) is 0.355. The Hall–Kier alpha value is -3.45. The molecule has 0 atom stereocenters. The standard InChI is InChI=1S/C19H14ClN5O2/c20-16-8-2-1-7-15(16)18(26)25-19(22-12-14-6-4-10-27-14)23-17(24-25)13-5-3-9-21-11-13/h1-11H,12H2,(H,22,23,24). The largest absolute Gasteiger partial charge is 0.467 e. The van der Waals surface area contributed by atoms with E-state index in [9.17, 15) is 4.79 Å². The number of rotatable bonds is 5. The van der Waals surface area contributed by atoms with Crippen molar-refractivity contribution in [3.8, 4) is 11.4 Å². The van der Waals surface area contributed by atoms with E-state index in [0.29, 0.717) is 34.3 Å². The number of hydrogen-bond acceptors (Lipinski definition) is 6. The number of carbonyl (C=O) groups excluding carboxylic acids is 1. The number of anilines is 1. The molecule has 0 saturated heterocycles. The van der Waals surface area contributed by atoms with Gasteiger partial charge in [0.15, 0.2) is 5.82 Å². The van der Waals surface area contributed by atoms with Crippen LogP contribution in [0, 0.1) is 0 Å². The van der Waals surface area contributed by atoms with Crippen LogP contribution in [0.25, 0.3) is 11.4 Å². The Morgan fingerprint density at radius 3 is 2.78 bits per heavy atom. The molecule has 0 bridgehead atoms. The highest BCUT2D eigenvalue weighted by molar-refractivity contribution is 6.33. The van der Waals surface area contributed by atoms with Crippen LogP contribution in [0.3, 0.4) is 0 Å². The molecular formula is C19H14ClN5O2. The number of halogens is 1. The Balaban J connectivity index is 1.72. The van der Waals surface area contributed by atoms with Gasteiger partial charge in [-0.2, -0.15) is 9.67 Å². The maximum atomic E-state index is 13.0. The lowest BCUT2D eigenvalue weighted by Gasteiger charge is -2.07. The number of pyridine rings is 1. The quantitative estimate of drug-likeness (QED) is 0.566. The second-order valence-electron chi connectivity index (χ2n) is 5.63. The first kappa shape index (κ1) is 17.0. The van der Waals surface area contributed by atoms with Gasteiger partial charge in [0.25, 0.3) is 5.91 Å². The van der Waals surface area contributed by atoms with Gasteiger partial charge in [0.2, 0.25) is 5.95 Å². The van der Waals surface area contributed by atoms with Gasteiger partial charge in [0.05, 0.1) is 23.4 Å². The summed E-state index contributed by atoms with van der Waals surface area (Å²) < 4.78 is 6.52. The molecule has 3 heterocycles. The average molecular weight is 380 g/mol. The number of nitrogens with one attached hydrogen (secondary N) is 1. The molecule has 134 valence electrons. The van der Waals surface area contributed by atoms with Crippen molar-refractivity contribution in [3.63, 3.8) is 0 Å². The molecule has 1 aromatic carbocycles. The average Bonchev–Trinajstić information content (AvgIpc) is 3.37. The molecule has 0 fully saturated rings. The third-order valence-corrected chi connectivity index (χ3v) is 4.15. The summed E-state index contributed by atoms with van der Waals surface area (Å²) in [6.07, 6.45) is 4.87. The van der Waals surface area contributed by atoms with Gasteiger partial charge in [-0.25, -0.2) is 0 Å². The van der Waals surface area contributed by atoms with E-state index in [1.165, 1.54) is 4.68 Å². The number of hydrogen-bond donors (Lipinski definition) is 1. The zero-order valence-electron chi connectivity index (χ0n) is 14.0. The van der Waals surface area contributed by atoms with Crippen molar-refractivity contribution < 1.29 is 9.21 Å². The number of benzene rings is 1. The molecule has 27 heavy (non-hydrogen) atoms. The molecule has 0 radical (unpaired) electrons. The predicted molar refractivity (Wildman–Crippen MR) is 100 cm³/mol. The molecule has 4 rings (SSSR count). The van der Waals surface area contributed by atoms with Crippen LogP contribution < -0.4 is 5.32 Å². The predicted octanol–water partition coefficient (Wildman–Crippen LogP) is 3.89. The molecule has 0 amide bonds. The SMILES string of the molecule is O=C(c1ccccc1Cl)n1nc(-c2cccnc2)nc1NCc1ccco1. The summed E-state index contributed by atoms with van der Waals surface area (Å²) in [7, 11) is 0. The van der Waals surface area contributed by atoms with E-state index in [1.807, 2.05) is 12.1 Å². The fourth-order valence-electron chi connectivity index (χ4n) is 2.51. The third kappa shape index (κ3) is 3.58. The molecule has 0 aliphatic carbocycles. The van der Waals surface area contributed by atoms with E-state index >= 15 is 0 Å². The van der Waals surface area contributed by atoms with E-state index in [1.54, 1.807) is 55.1 Å². The Kier molecular flexibility index (Phi) is 4.67. The van der Waals surface area contributed by atoms with Crippen LogP contribution >= 0.6 is 11.6 Å². The Morgan fingerprint density at radius 2 is 2.04 bits per heavy atom. The van der Waals surface area contributed by atoms with E-state index < -0.39 is 0 Å². The van der Waals surface area contributed by atoms with Gasteiger partial charge in [-0.05, 0) is 36.4 Å². The molecule has 4 aromatic rings. The Bertz CT molecular complexity index is 1060. The minimum atomic E-state index is -0.384. The van der Waals surface area contributed by atoms with Gasteiger partial charge >= 0.3 is 0 Å². The first-order valence-electron chi connectivity index (χ1n) is 8.15. The number of carbonyl (C=O) groups is 1. The lowest BCUT2D eigenvalue weighted by Crippen LogP contribution is -2.17. The maximum Gasteiger partial charge on any atom is 0.282 e. The highest BCUT2D eigenvalue weighted by Crippen LogP contribution is 2.21. The summed E-state index contributed by atoms with van der Waals surface area (Å²) >= 11 is 6.18. The summed E-state index contributed by atoms with van der Waals surface area (Å²) in [5.41, 5.74) is 1.03. The van der Waals surface area contributed by atoms with Gasteiger partial charge in [-0.1, -0.05) is 23.7 Å². The van der Waals surface area contributed by atoms with Gasteiger partial charge < -0.3 is 9.73 Å². The van der Waals surface area contributed by atoms with Crippen molar-refractivity contribution in [2.45, 2.75) is 6.54 Å². The number of nitrogens with zero attached hydrogens (tertiary/aromatic N) is 4. The van der Waals surface area contributed by atoms with Crippen LogP contribution in [0.15, 0.2) is 71.6 Å². The maximum absolute atomic E-state index is 13.0.